The maximum atomic E-state index is 11.9. The van der Waals surface area contributed by atoms with Gasteiger partial charge >= 0.3 is 0 Å². The van der Waals surface area contributed by atoms with Gasteiger partial charge in [-0.05, 0) is 24.8 Å². The number of nitrogens with one attached hydrogen (secondary N) is 2. The number of aromatic nitrogens is 3. The molecule has 0 bridgehead atoms. The van der Waals surface area contributed by atoms with E-state index >= 15 is 0 Å². The number of amides is 1. The summed E-state index contributed by atoms with van der Waals surface area (Å²) in [7, 11) is 0. The van der Waals surface area contributed by atoms with Crippen LogP contribution in [0.2, 0.25) is 0 Å². The molecule has 0 unspecified atom stereocenters. The summed E-state index contributed by atoms with van der Waals surface area (Å²) in [6.45, 7) is 4.28. The maximum absolute atomic E-state index is 11.9. The second kappa shape index (κ2) is 8.28. The Kier molecular flexibility index (Phi) is 6.08. The van der Waals surface area contributed by atoms with Gasteiger partial charge in [-0.3, -0.25) is 10.1 Å². The average Bonchev–Trinajstić information content (AvgIpc) is 2.94. The summed E-state index contributed by atoms with van der Waals surface area (Å²) in [5.41, 5.74) is 0. The van der Waals surface area contributed by atoms with Crippen molar-refractivity contribution in [3.63, 3.8) is 0 Å². The molecule has 1 aromatic carbocycles. The van der Waals surface area contributed by atoms with E-state index in [1.807, 2.05) is 26.0 Å². The van der Waals surface area contributed by atoms with Gasteiger partial charge in [0.1, 0.15) is 0 Å². The highest BCUT2D eigenvalue weighted by Crippen LogP contribution is 2.26. The van der Waals surface area contributed by atoms with E-state index in [9.17, 15) is 4.79 Å². The second-order valence-electron chi connectivity index (χ2n) is 4.12. The van der Waals surface area contributed by atoms with Crippen LogP contribution in [0, 0.1) is 0 Å². The van der Waals surface area contributed by atoms with Gasteiger partial charge in [-0.1, -0.05) is 30.8 Å². The van der Waals surface area contributed by atoms with Gasteiger partial charge in [0.25, 0.3) is 5.91 Å². The molecular weight excluding hydrogens is 304 g/mol. The van der Waals surface area contributed by atoms with Crippen LogP contribution in [0.25, 0.3) is 0 Å². The lowest BCUT2D eigenvalue weighted by molar-refractivity contribution is -0.118. The topological polar surface area (TPSA) is 89.1 Å². The molecule has 7 nitrogen and oxygen atoms in total. The second-order valence-corrected chi connectivity index (χ2v) is 5.35. The van der Waals surface area contributed by atoms with Crippen LogP contribution < -0.4 is 14.8 Å². The van der Waals surface area contributed by atoms with E-state index in [4.69, 9.17) is 9.47 Å². The van der Waals surface area contributed by atoms with Crippen LogP contribution in [0.15, 0.2) is 29.4 Å². The first-order chi connectivity index (χ1) is 10.7. The van der Waals surface area contributed by atoms with Crippen LogP contribution in [0.5, 0.6) is 11.5 Å². The van der Waals surface area contributed by atoms with Crippen molar-refractivity contribution in [1.29, 1.82) is 0 Å². The van der Waals surface area contributed by atoms with Gasteiger partial charge in [0.05, 0.1) is 6.61 Å². The fourth-order valence-corrected chi connectivity index (χ4v) is 2.18. The number of thioether (sulfide) groups is 1. The van der Waals surface area contributed by atoms with Crippen LogP contribution in [-0.4, -0.2) is 40.1 Å². The number of rotatable bonds is 8. The van der Waals surface area contributed by atoms with Gasteiger partial charge in [-0.2, -0.15) is 4.98 Å². The standard InChI is InChI=1S/C14H18N4O3S/c1-3-20-10-7-5-6-8-11(10)21-9-12(19)15-13-16-14(18-17-13)22-4-2/h5-8H,3-4,9H2,1-2H3,(H2,15,16,17,18,19). The highest BCUT2D eigenvalue weighted by atomic mass is 32.2. The minimum Gasteiger partial charge on any atom is -0.490 e. The molecule has 0 fully saturated rings. The number of aromatic amines is 1. The number of benzene rings is 1. The zero-order chi connectivity index (χ0) is 15.8. The van der Waals surface area contributed by atoms with Crippen molar-refractivity contribution in [2.45, 2.75) is 19.0 Å². The Morgan fingerprint density at radius 2 is 2.00 bits per heavy atom. The SMILES string of the molecule is CCOc1ccccc1OCC(=O)Nc1nc(SCC)n[nH]1. The molecule has 118 valence electrons. The first kappa shape index (κ1) is 16.2. The van der Waals surface area contributed by atoms with Crippen LogP contribution >= 0.6 is 11.8 Å². The lowest BCUT2D eigenvalue weighted by Gasteiger charge is -2.10. The molecule has 2 rings (SSSR count). The van der Waals surface area contributed by atoms with E-state index in [0.29, 0.717) is 29.2 Å². The van der Waals surface area contributed by atoms with E-state index in [-0.39, 0.29) is 12.5 Å². The number of hydrogen-bond donors (Lipinski definition) is 2. The highest BCUT2D eigenvalue weighted by Gasteiger charge is 2.10. The Balaban J connectivity index is 1.87. The zero-order valence-electron chi connectivity index (χ0n) is 12.5. The molecule has 0 aliphatic heterocycles. The average molecular weight is 322 g/mol. The van der Waals surface area contributed by atoms with Gasteiger partial charge in [0.15, 0.2) is 18.1 Å². The Morgan fingerprint density at radius 3 is 2.68 bits per heavy atom. The molecule has 22 heavy (non-hydrogen) atoms. The summed E-state index contributed by atoms with van der Waals surface area (Å²) < 4.78 is 10.9. The molecule has 0 radical (unpaired) electrons. The predicted octanol–water partition coefficient (Wildman–Crippen LogP) is 2.33. The fraction of sp³-hybridized carbons (Fsp3) is 0.357. The van der Waals surface area contributed by atoms with Crippen molar-refractivity contribution in [2.75, 3.05) is 24.3 Å². The summed E-state index contributed by atoms with van der Waals surface area (Å²) in [5, 5.41) is 9.82. The van der Waals surface area contributed by atoms with Crippen molar-refractivity contribution >= 4 is 23.6 Å². The predicted molar refractivity (Wildman–Crippen MR) is 84.5 cm³/mol. The van der Waals surface area contributed by atoms with Crippen LogP contribution in [-0.2, 0) is 4.79 Å². The number of ether oxygens (including phenoxy) is 2. The molecule has 2 N–H and O–H groups in total. The van der Waals surface area contributed by atoms with E-state index in [1.165, 1.54) is 11.8 Å². The Morgan fingerprint density at radius 1 is 1.27 bits per heavy atom. The molecule has 8 heteroatoms. The Bertz CT molecular complexity index is 618. The number of hydrogen-bond acceptors (Lipinski definition) is 6. The minimum atomic E-state index is -0.324. The van der Waals surface area contributed by atoms with Crippen molar-refractivity contribution in [3.05, 3.63) is 24.3 Å². The van der Waals surface area contributed by atoms with Crippen molar-refractivity contribution in [3.8, 4) is 11.5 Å². The third-order valence-corrected chi connectivity index (χ3v) is 3.23. The van der Waals surface area contributed by atoms with Gasteiger partial charge < -0.3 is 9.47 Å². The lowest BCUT2D eigenvalue weighted by atomic mass is 10.3. The van der Waals surface area contributed by atoms with Crippen molar-refractivity contribution in [2.24, 2.45) is 0 Å². The fourth-order valence-electron chi connectivity index (χ4n) is 1.65. The molecule has 1 aromatic heterocycles. The smallest absolute Gasteiger partial charge is 0.264 e. The highest BCUT2D eigenvalue weighted by molar-refractivity contribution is 7.99. The molecule has 0 aliphatic rings. The Hall–Kier alpha value is -2.22. The first-order valence-corrected chi connectivity index (χ1v) is 7.91. The zero-order valence-corrected chi connectivity index (χ0v) is 13.3. The van der Waals surface area contributed by atoms with Crippen molar-refractivity contribution < 1.29 is 14.3 Å². The van der Waals surface area contributed by atoms with Crippen LogP contribution in [0.4, 0.5) is 5.95 Å². The first-order valence-electron chi connectivity index (χ1n) is 6.92. The lowest BCUT2D eigenvalue weighted by Crippen LogP contribution is -2.21. The number of H-pyrrole nitrogens is 1. The van der Waals surface area contributed by atoms with Gasteiger partial charge in [-0.25, -0.2) is 5.10 Å². The third-order valence-electron chi connectivity index (χ3n) is 2.50. The molecule has 0 saturated carbocycles. The van der Waals surface area contributed by atoms with E-state index in [2.05, 4.69) is 20.5 Å². The summed E-state index contributed by atoms with van der Waals surface area (Å²) in [6, 6.07) is 7.21. The van der Waals surface area contributed by atoms with E-state index < -0.39 is 0 Å². The summed E-state index contributed by atoms with van der Waals surface area (Å²) in [4.78, 5) is 16.0. The quantitative estimate of drug-likeness (QED) is 0.725. The van der Waals surface area contributed by atoms with Gasteiger partial charge in [0, 0.05) is 0 Å². The molecule has 0 saturated heterocycles. The molecule has 2 aromatic rings. The number of carbonyl (C=O) groups is 1. The molecule has 0 aliphatic carbocycles. The summed E-state index contributed by atoms with van der Waals surface area (Å²) >= 11 is 1.49. The Labute approximate surface area is 132 Å². The largest absolute Gasteiger partial charge is 0.490 e. The minimum absolute atomic E-state index is 0.138. The number of nitrogens with zero attached hydrogens (tertiary/aromatic N) is 2. The molecule has 0 atom stereocenters. The van der Waals surface area contributed by atoms with Crippen LogP contribution in [0.3, 0.4) is 0 Å². The van der Waals surface area contributed by atoms with Gasteiger partial charge in [-0.15, -0.1) is 5.10 Å². The number of anilines is 1. The van der Waals surface area contributed by atoms with E-state index in [0.717, 1.165) is 5.75 Å². The molecule has 1 heterocycles. The van der Waals surface area contributed by atoms with Crippen molar-refractivity contribution in [1.82, 2.24) is 15.2 Å². The summed E-state index contributed by atoms with van der Waals surface area (Å²) in [6.07, 6.45) is 0. The molecular formula is C14H18N4O3S. The third kappa shape index (κ3) is 4.66. The van der Waals surface area contributed by atoms with Crippen LogP contribution in [0.1, 0.15) is 13.8 Å². The monoisotopic (exact) mass is 322 g/mol. The van der Waals surface area contributed by atoms with Gasteiger partial charge in [0.2, 0.25) is 11.1 Å². The maximum Gasteiger partial charge on any atom is 0.264 e. The number of carbonyl (C=O) groups excluding carboxylic acids is 1. The summed E-state index contributed by atoms with van der Waals surface area (Å²) in [5.74, 6) is 1.99. The normalized spacial score (nSPS) is 10.3. The number of para-hydroxylation sites is 2. The molecule has 0 spiro atoms. The molecule has 1 amide bonds. The van der Waals surface area contributed by atoms with E-state index in [1.54, 1.807) is 12.1 Å².